The topological polar surface area (TPSA) is 47.6 Å². The third-order valence-corrected chi connectivity index (χ3v) is 2.49. The van der Waals surface area contributed by atoms with Crippen LogP contribution >= 0.6 is 0 Å². The van der Waals surface area contributed by atoms with E-state index in [0.29, 0.717) is 5.57 Å². The van der Waals surface area contributed by atoms with Gasteiger partial charge < -0.3 is 0 Å². The molecular formula is C11H12N2. The molecule has 0 aromatic carbocycles. The Hall–Kier alpha value is -1.54. The van der Waals surface area contributed by atoms with Crippen LogP contribution in [0.3, 0.4) is 0 Å². The molecule has 13 heavy (non-hydrogen) atoms. The van der Waals surface area contributed by atoms with E-state index in [1.54, 1.807) is 0 Å². The first kappa shape index (κ1) is 9.55. The highest BCUT2D eigenvalue weighted by molar-refractivity contribution is 5.42. The molecule has 0 radical (unpaired) electrons. The minimum absolute atomic E-state index is 0.253. The fourth-order valence-electron chi connectivity index (χ4n) is 1.78. The smallest absolute Gasteiger partial charge is 0.129 e. The second kappa shape index (κ2) is 4.48. The molecule has 0 aromatic heterocycles. The maximum Gasteiger partial charge on any atom is 0.129 e. The van der Waals surface area contributed by atoms with Crippen molar-refractivity contribution in [2.75, 3.05) is 0 Å². The van der Waals surface area contributed by atoms with Crippen LogP contribution in [0, 0.1) is 28.6 Å². The molecule has 1 saturated carbocycles. The van der Waals surface area contributed by atoms with Crippen molar-refractivity contribution >= 4 is 0 Å². The van der Waals surface area contributed by atoms with Crippen LogP contribution in [0.1, 0.15) is 25.7 Å². The fraction of sp³-hybridized carbons (Fsp3) is 0.455. The summed E-state index contributed by atoms with van der Waals surface area (Å²) in [6.45, 7) is 3.73. The van der Waals surface area contributed by atoms with Crippen LogP contribution < -0.4 is 0 Å². The normalized spacial score (nSPS) is 21.4. The van der Waals surface area contributed by atoms with Gasteiger partial charge in [-0.1, -0.05) is 12.5 Å². The van der Waals surface area contributed by atoms with Crippen molar-refractivity contribution in [2.45, 2.75) is 25.7 Å². The van der Waals surface area contributed by atoms with Gasteiger partial charge in [0.05, 0.1) is 0 Å². The Kier molecular flexibility index (Phi) is 3.29. The number of rotatable bonds is 1. The third-order valence-electron chi connectivity index (χ3n) is 2.49. The van der Waals surface area contributed by atoms with Crippen LogP contribution in [-0.2, 0) is 0 Å². The molecule has 0 unspecified atom stereocenters. The van der Waals surface area contributed by atoms with E-state index < -0.39 is 0 Å². The quantitative estimate of drug-likeness (QED) is 0.451. The summed E-state index contributed by atoms with van der Waals surface area (Å²) in [6, 6.07) is 3.91. The van der Waals surface area contributed by atoms with E-state index in [1.165, 1.54) is 6.42 Å². The molecule has 2 heteroatoms. The van der Waals surface area contributed by atoms with Crippen molar-refractivity contribution in [1.82, 2.24) is 0 Å². The van der Waals surface area contributed by atoms with Crippen molar-refractivity contribution in [3.8, 4) is 12.1 Å². The monoisotopic (exact) mass is 172 g/mol. The summed E-state index contributed by atoms with van der Waals surface area (Å²) in [5, 5.41) is 17.5. The van der Waals surface area contributed by atoms with E-state index in [4.69, 9.17) is 10.5 Å². The van der Waals surface area contributed by atoms with Crippen molar-refractivity contribution in [2.24, 2.45) is 5.92 Å². The number of nitrogens with zero attached hydrogens (tertiary/aromatic N) is 2. The molecule has 0 aromatic rings. The molecule has 1 aliphatic carbocycles. The molecule has 2 nitrogen and oxygen atoms in total. The minimum atomic E-state index is 0.253. The molecule has 0 heterocycles. The summed E-state index contributed by atoms with van der Waals surface area (Å²) < 4.78 is 0. The molecule has 0 bridgehead atoms. The average Bonchev–Trinajstić information content (AvgIpc) is 2.20. The molecule has 1 aliphatic rings. The van der Waals surface area contributed by atoms with Gasteiger partial charge in [-0.3, -0.25) is 0 Å². The van der Waals surface area contributed by atoms with E-state index in [2.05, 4.69) is 6.58 Å². The van der Waals surface area contributed by atoms with Crippen LogP contribution in [0.15, 0.2) is 23.8 Å². The van der Waals surface area contributed by atoms with Gasteiger partial charge in [-0.2, -0.15) is 10.5 Å². The van der Waals surface area contributed by atoms with Gasteiger partial charge in [-0.05, 0) is 30.8 Å². The minimum Gasteiger partial charge on any atom is -0.192 e. The summed E-state index contributed by atoms with van der Waals surface area (Å²) in [6.07, 6.45) is 6.03. The highest BCUT2D eigenvalue weighted by Crippen LogP contribution is 2.31. The molecule has 1 rings (SSSR count). The Morgan fingerprint density at radius 1 is 1.38 bits per heavy atom. The molecule has 0 N–H and O–H groups in total. The molecule has 1 fully saturated rings. The van der Waals surface area contributed by atoms with Gasteiger partial charge in [0.25, 0.3) is 0 Å². The van der Waals surface area contributed by atoms with Crippen LogP contribution in [0.25, 0.3) is 0 Å². The lowest BCUT2D eigenvalue weighted by molar-refractivity contribution is 0.518. The van der Waals surface area contributed by atoms with Crippen LogP contribution in [0.2, 0.25) is 0 Å². The predicted molar refractivity (Wildman–Crippen MR) is 50.4 cm³/mol. The lowest BCUT2D eigenvalue weighted by Crippen LogP contribution is -2.09. The highest BCUT2D eigenvalue weighted by atomic mass is 14.3. The Morgan fingerprint density at radius 3 is 2.62 bits per heavy atom. The summed E-state index contributed by atoms with van der Waals surface area (Å²) in [5.74, 6) is 0.253. The number of hydrogen-bond acceptors (Lipinski definition) is 2. The summed E-state index contributed by atoms with van der Waals surface area (Å²) in [7, 11) is 0. The standard InChI is InChI=1S/C11H12N2/c1-2-9-5-3-4-6-11(9)10(7-12)8-13/h2,9H,1,3-6H2/t9-/m1/s1. The third kappa shape index (κ3) is 1.98. The van der Waals surface area contributed by atoms with Crippen molar-refractivity contribution in [3.05, 3.63) is 23.8 Å². The predicted octanol–water partition coefficient (Wildman–Crippen LogP) is 2.71. The van der Waals surface area contributed by atoms with Gasteiger partial charge >= 0.3 is 0 Å². The van der Waals surface area contributed by atoms with Crippen molar-refractivity contribution < 1.29 is 0 Å². The molecule has 1 atom stereocenters. The number of allylic oxidation sites excluding steroid dienone is 3. The fourth-order valence-corrected chi connectivity index (χ4v) is 1.78. The Balaban J connectivity index is 3.00. The lowest BCUT2D eigenvalue weighted by atomic mass is 9.82. The first-order valence-corrected chi connectivity index (χ1v) is 4.49. The second-order valence-electron chi connectivity index (χ2n) is 3.21. The molecule has 0 saturated heterocycles. The average molecular weight is 172 g/mol. The molecule has 0 spiro atoms. The van der Waals surface area contributed by atoms with Gasteiger partial charge in [0.1, 0.15) is 17.7 Å². The highest BCUT2D eigenvalue weighted by Gasteiger charge is 2.19. The summed E-state index contributed by atoms with van der Waals surface area (Å²) >= 11 is 0. The van der Waals surface area contributed by atoms with Gasteiger partial charge in [0.2, 0.25) is 0 Å². The van der Waals surface area contributed by atoms with Gasteiger partial charge in [-0.25, -0.2) is 0 Å². The van der Waals surface area contributed by atoms with Crippen LogP contribution in [-0.4, -0.2) is 0 Å². The molecule has 0 amide bonds. The Labute approximate surface area is 78.8 Å². The molecular weight excluding hydrogens is 160 g/mol. The van der Waals surface area contributed by atoms with E-state index >= 15 is 0 Å². The Bertz CT molecular complexity index is 296. The SMILES string of the molecule is C=C[C@@H]1CCCCC1=C(C#N)C#N. The van der Waals surface area contributed by atoms with E-state index in [9.17, 15) is 0 Å². The van der Waals surface area contributed by atoms with Crippen molar-refractivity contribution in [1.29, 1.82) is 10.5 Å². The zero-order valence-electron chi connectivity index (χ0n) is 7.58. The second-order valence-corrected chi connectivity index (χ2v) is 3.21. The number of nitriles is 2. The maximum absolute atomic E-state index is 8.73. The lowest BCUT2D eigenvalue weighted by Gasteiger charge is -2.21. The van der Waals surface area contributed by atoms with E-state index in [0.717, 1.165) is 24.8 Å². The van der Waals surface area contributed by atoms with E-state index in [1.807, 2.05) is 18.2 Å². The first-order chi connectivity index (χ1) is 6.33. The van der Waals surface area contributed by atoms with Crippen LogP contribution in [0.4, 0.5) is 0 Å². The molecule has 66 valence electrons. The molecule has 0 aliphatic heterocycles. The zero-order chi connectivity index (χ0) is 9.68. The van der Waals surface area contributed by atoms with E-state index in [-0.39, 0.29) is 5.92 Å². The maximum atomic E-state index is 8.73. The number of hydrogen-bond donors (Lipinski definition) is 0. The van der Waals surface area contributed by atoms with Gasteiger partial charge in [-0.15, -0.1) is 6.58 Å². The van der Waals surface area contributed by atoms with Gasteiger partial charge in [0.15, 0.2) is 0 Å². The van der Waals surface area contributed by atoms with Crippen molar-refractivity contribution in [3.63, 3.8) is 0 Å². The first-order valence-electron chi connectivity index (χ1n) is 4.49. The summed E-state index contributed by atoms with van der Waals surface area (Å²) in [4.78, 5) is 0. The summed E-state index contributed by atoms with van der Waals surface area (Å²) in [5.41, 5.74) is 1.29. The van der Waals surface area contributed by atoms with Crippen LogP contribution in [0.5, 0.6) is 0 Å². The van der Waals surface area contributed by atoms with Gasteiger partial charge in [0, 0.05) is 0 Å². The zero-order valence-corrected chi connectivity index (χ0v) is 7.58. The largest absolute Gasteiger partial charge is 0.192 e. The Morgan fingerprint density at radius 2 is 2.08 bits per heavy atom.